The van der Waals surface area contributed by atoms with Gasteiger partial charge in [0.05, 0.1) is 29.1 Å². The van der Waals surface area contributed by atoms with Crippen LogP contribution in [0.15, 0.2) is 36.7 Å². The smallest absolute Gasteiger partial charge is 0.273 e. The van der Waals surface area contributed by atoms with Crippen molar-refractivity contribution in [2.45, 2.75) is 6.61 Å². The number of hydrazine groups is 1. The van der Waals surface area contributed by atoms with Gasteiger partial charge in [-0.1, -0.05) is 23.7 Å². The molecule has 2 aromatic heterocycles. The molecule has 0 fully saturated rings. The molecule has 4 rings (SSSR count). The van der Waals surface area contributed by atoms with Gasteiger partial charge < -0.3 is 10.2 Å². The minimum atomic E-state index is -0.272. The van der Waals surface area contributed by atoms with Gasteiger partial charge in [0.1, 0.15) is 0 Å². The first-order valence-corrected chi connectivity index (χ1v) is 7.94. The molecule has 0 atom stereocenters. The highest BCUT2D eigenvalue weighted by molar-refractivity contribution is 6.30. The van der Waals surface area contributed by atoms with Crippen molar-refractivity contribution in [2.75, 3.05) is 7.11 Å². The molecular formula is C17H14ClN5O2. The highest BCUT2D eigenvalue weighted by Gasteiger charge is 2.22. The number of halogens is 1. The minimum Gasteiger partial charge on any atom is -0.378 e. The number of hydrogen-bond acceptors (Lipinski definition) is 5. The number of nitrogens with one attached hydrogen (secondary N) is 2. The SMILES string of the molecule is COCc1nn2c3c(cnc2c1-c1ccc(Cl)cc1)C(=O)NNC=C3. The number of fused-ring (bicyclic) bond motifs is 3. The van der Waals surface area contributed by atoms with E-state index in [0.717, 1.165) is 16.8 Å². The lowest BCUT2D eigenvalue weighted by molar-refractivity contribution is 0.0941. The van der Waals surface area contributed by atoms with Gasteiger partial charge in [-0.15, -0.1) is 0 Å². The summed E-state index contributed by atoms with van der Waals surface area (Å²) in [6.07, 6.45) is 4.97. The number of nitrogens with zero attached hydrogens (tertiary/aromatic N) is 3. The van der Waals surface area contributed by atoms with Gasteiger partial charge >= 0.3 is 0 Å². The van der Waals surface area contributed by atoms with Crippen molar-refractivity contribution < 1.29 is 9.53 Å². The number of carbonyl (C=O) groups excluding carboxylic acids is 1. The van der Waals surface area contributed by atoms with Crippen molar-refractivity contribution in [1.29, 1.82) is 0 Å². The zero-order valence-electron chi connectivity index (χ0n) is 13.3. The zero-order chi connectivity index (χ0) is 17.4. The topological polar surface area (TPSA) is 80.5 Å². The van der Waals surface area contributed by atoms with Crippen molar-refractivity contribution in [1.82, 2.24) is 25.4 Å². The normalized spacial score (nSPS) is 13.3. The van der Waals surface area contributed by atoms with Crippen molar-refractivity contribution in [2.24, 2.45) is 0 Å². The molecule has 1 amide bonds. The highest BCUT2D eigenvalue weighted by Crippen LogP contribution is 2.30. The Morgan fingerprint density at radius 2 is 2.08 bits per heavy atom. The predicted octanol–water partition coefficient (Wildman–Crippen LogP) is 2.41. The Balaban J connectivity index is 2.01. The number of hydrogen-bond donors (Lipinski definition) is 2. The Morgan fingerprint density at radius 3 is 2.84 bits per heavy atom. The van der Waals surface area contributed by atoms with Crippen molar-refractivity contribution >= 4 is 29.2 Å². The monoisotopic (exact) mass is 355 g/mol. The molecule has 0 saturated heterocycles. The van der Waals surface area contributed by atoms with E-state index >= 15 is 0 Å². The number of rotatable bonds is 3. The molecule has 0 unspecified atom stereocenters. The van der Waals surface area contributed by atoms with Gasteiger partial charge in [-0.05, 0) is 23.8 Å². The number of aromatic nitrogens is 3. The molecule has 0 radical (unpaired) electrons. The minimum absolute atomic E-state index is 0.272. The summed E-state index contributed by atoms with van der Waals surface area (Å²) in [6.45, 7) is 0.324. The fraction of sp³-hybridized carbons (Fsp3) is 0.118. The Bertz CT molecular complexity index is 994. The molecule has 25 heavy (non-hydrogen) atoms. The van der Waals surface area contributed by atoms with Crippen molar-refractivity contribution in [3.63, 3.8) is 0 Å². The maximum atomic E-state index is 12.1. The first kappa shape index (κ1) is 15.6. The van der Waals surface area contributed by atoms with Crippen LogP contribution in [-0.2, 0) is 11.3 Å². The van der Waals surface area contributed by atoms with E-state index < -0.39 is 0 Å². The predicted molar refractivity (Wildman–Crippen MR) is 93.8 cm³/mol. The van der Waals surface area contributed by atoms with E-state index in [9.17, 15) is 4.79 Å². The van der Waals surface area contributed by atoms with Crippen molar-refractivity contribution in [3.8, 4) is 11.1 Å². The van der Waals surface area contributed by atoms with Crippen LogP contribution in [0.4, 0.5) is 0 Å². The zero-order valence-corrected chi connectivity index (χ0v) is 14.0. The molecule has 2 N–H and O–H groups in total. The molecular weight excluding hydrogens is 342 g/mol. The summed E-state index contributed by atoms with van der Waals surface area (Å²) in [6, 6.07) is 7.46. The number of ether oxygens (including phenoxy) is 1. The van der Waals surface area contributed by atoms with Crippen LogP contribution in [0.3, 0.4) is 0 Å². The summed E-state index contributed by atoms with van der Waals surface area (Å²) < 4.78 is 6.96. The number of carbonyl (C=O) groups is 1. The van der Waals surface area contributed by atoms with Crippen LogP contribution in [0.5, 0.6) is 0 Å². The molecule has 1 aliphatic heterocycles. The van der Waals surface area contributed by atoms with E-state index in [2.05, 4.69) is 20.9 Å². The first-order valence-electron chi connectivity index (χ1n) is 7.57. The average molecular weight is 356 g/mol. The molecule has 0 aliphatic carbocycles. The lowest BCUT2D eigenvalue weighted by Gasteiger charge is -2.06. The molecule has 3 aromatic rings. The van der Waals surface area contributed by atoms with Gasteiger partial charge in [-0.25, -0.2) is 9.50 Å². The van der Waals surface area contributed by atoms with Crippen LogP contribution in [0.1, 0.15) is 21.7 Å². The second kappa shape index (κ2) is 6.19. The first-order chi connectivity index (χ1) is 12.2. The number of methoxy groups -OCH3 is 1. The van der Waals surface area contributed by atoms with Crippen molar-refractivity contribution in [3.05, 3.63) is 58.6 Å². The van der Waals surface area contributed by atoms with Gasteiger partial charge in [0.2, 0.25) is 0 Å². The maximum absolute atomic E-state index is 12.1. The molecule has 1 aliphatic rings. The average Bonchev–Trinajstić information content (AvgIpc) is 2.86. The molecule has 1 aromatic carbocycles. The fourth-order valence-electron chi connectivity index (χ4n) is 2.83. The van der Waals surface area contributed by atoms with Gasteiger partial charge in [-0.2, -0.15) is 5.10 Å². The van der Waals surface area contributed by atoms with Crippen LogP contribution in [0.25, 0.3) is 22.9 Å². The molecule has 0 saturated carbocycles. The van der Waals surface area contributed by atoms with Crippen LogP contribution in [0.2, 0.25) is 5.02 Å². The lowest BCUT2D eigenvalue weighted by Crippen LogP contribution is -2.32. The summed E-state index contributed by atoms with van der Waals surface area (Å²) in [5.74, 6) is -0.272. The Kier molecular flexibility index (Phi) is 3.87. The molecule has 126 valence electrons. The Morgan fingerprint density at radius 1 is 1.28 bits per heavy atom. The van der Waals surface area contributed by atoms with Gasteiger partial charge in [0, 0.05) is 24.5 Å². The molecule has 8 heteroatoms. The van der Waals surface area contributed by atoms with Crippen LogP contribution >= 0.6 is 11.6 Å². The molecule has 0 spiro atoms. The van der Waals surface area contributed by atoms with Crippen LogP contribution < -0.4 is 10.9 Å². The van der Waals surface area contributed by atoms with E-state index in [1.54, 1.807) is 30.1 Å². The third-order valence-corrected chi connectivity index (χ3v) is 4.17. The van der Waals surface area contributed by atoms with Crippen LogP contribution in [0, 0.1) is 0 Å². The highest BCUT2D eigenvalue weighted by atomic mass is 35.5. The molecule has 3 heterocycles. The third kappa shape index (κ3) is 2.63. The van der Waals surface area contributed by atoms with Gasteiger partial charge in [-0.3, -0.25) is 10.2 Å². The number of amides is 1. The van der Waals surface area contributed by atoms with Crippen LogP contribution in [-0.4, -0.2) is 27.6 Å². The van der Waals surface area contributed by atoms with E-state index in [4.69, 9.17) is 16.3 Å². The van der Waals surface area contributed by atoms with E-state index in [0.29, 0.717) is 28.5 Å². The van der Waals surface area contributed by atoms with Gasteiger partial charge in [0.25, 0.3) is 5.91 Å². The van der Waals surface area contributed by atoms with E-state index in [-0.39, 0.29) is 5.91 Å². The largest absolute Gasteiger partial charge is 0.378 e. The standard InChI is InChI=1S/C17H14ClN5O2/c1-25-9-13-15(10-2-4-11(18)5-3-10)16-19-8-12-14(23(16)22-13)6-7-20-21-17(12)24/h2-8,20H,9H2,1H3,(H,21,24). The Labute approximate surface area is 148 Å². The quantitative estimate of drug-likeness (QED) is 0.754. The van der Waals surface area contributed by atoms with Gasteiger partial charge in [0.15, 0.2) is 5.65 Å². The Hall–Kier alpha value is -2.90. The second-order valence-corrected chi connectivity index (χ2v) is 5.92. The summed E-state index contributed by atoms with van der Waals surface area (Å²) >= 11 is 6.00. The fourth-order valence-corrected chi connectivity index (χ4v) is 2.95. The number of benzene rings is 1. The summed E-state index contributed by atoms with van der Waals surface area (Å²) in [4.78, 5) is 16.6. The molecule has 7 nitrogen and oxygen atoms in total. The molecule has 0 bridgehead atoms. The summed E-state index contributed by atoms with van der Waals surface area (Å²) in [7, 11) is 1.61. The summed E-state index contributed by atoms with van der Waals surface area (Å²) in [5, 5.41) is 5.28. The van der Waals surface area contributed by atoms with E-state index in [1.165, 1.54) is 0 Å². The van der Waals surface area contributed by atoms with E-state index in [1.807, 2.05) is 24.3 Å². The third-order valence-electron chi connectivity index (χ3n) is 3.92. The summed E-state index contributed by atoms with van der Waals surface area (Å²) in [5.41, 5.74) is 9.50. The second-order valence-electron chi connectivity index (χ2n) is 5.49. The lowest BCUT2D eigenvalue weighted by atomic mass is 10.1. The maximum Gasteiger partial charge on any atom is 0.273 e.